The molecule has 160 valence electrons. The van der Waals surface area contributed by atoms with Crippen LogP contribution >= 0.6 is 0 Å². The summed E-state index contributed by atoms with van der Waals surface area (Å²) >= 11 is 0. The highest BCUT2D eigenvalue weighted by molar-refractivity contribution is 6.05. The van der Waals surface area contributed by atoms with E-state index in [1.807, 2.05) is 0 Å². The van der Waals surface area contributed by atoms with E-state index < -0.39 is 0 Å². The summed E-state index contributed by atoms with van der Waals surface area (Å²) in [6.07, 6.45) is 7.96. The molecule has 1 heterocycles. The van der Waals surface area contributed by atoms with Crippen molar-refractivity contribution in [3.05, 3.63) is 59.2 Å². The van der Waals surface area contributed by atoms with Crippen LogP contribution in [0, 0.1) is 0 Å². The van der Waals surface area contributed by atoms with E-state index in [-0.39, 0.29) is 6.03 Å². The zero-order valence-corrected chi connectivity index (χ0v) is 18.1. The third kappa shape index (κ3) is 3.78. The lowest BCUT2D eigenvalue weighted by Crippen LogP contribution is -2.49. The van der Waals surface area contributed by atoms with E-state index in [1.54, 1.807) is 5.56 Å². The third-order valence-electron chi connectivity index (χ3n) is 7.58. The van der Waals surface area contributed by atoms with Crippen LogP contribution in [0.15, 0.2) is 42.5 Å². The molecule has 2 amide bonds. The SMILES string of the molecule is O=C(NC1CCCC1)NC1CCN(Cc2c3ccccc3cc3ccc4c(c23)C4)CC1. The van der Waals surface area contributed by atoms with E-state index in [2.05, 4.69) is 58.0 Å². The third-order valence-corrected chi connectivity index (χ3v) is 7.58. The smallest absolute Gasteiger partial charge is 0.315 e. The lowest BCUT2D eigenvalue weighted by atomic mass is 9.95. The van der Waals surface area contributed by atoms with E-state index in [0.29, 0.717) is 12.1 Å². The zero-order chi connectivity index (χ0) is 20.8. The first-order valence-electron chi connectivity index (χ1n) is 12.0. The number of nitrogens with one attached hydrogen (secondary N) is 2. The van der Waals surface area contributed by atoms with Gasteiger partial charge in [0.2, 0.25) is 0 Å². The first-order chi connectivity index (χ1) is 15.2. The topological polar surface area (TPSA) is 44.4 Å². The minimum Gasteiger partial charge on any atom is -0.335 e. The predicted molar refractivity (Wildman–Crippen MR) is 126 cm³/mol. The molecule has 1 aliphatic heterocycles. The minimum absolute atomic E-state index is 0.0356. The maximum atomic E-state index is 12.3. The van der Waals surface area contributed by atoms with Crippen LogP contribution < -0.4 is 10.6 Å². The Balaban J connectivity index is 1.16. The van der Waals surface area contributed by atoms with Gasteiger partial charge in [0.25, 0.3) is 0 Å². The summed E-state index contributed by atoms with van der Waals surface area (Å²) in [4.78, 5) is 14.9. The molecule has 1 saturated carbocycles. The van der Waals surface area contributed by atoms with Crippen molar-refractivity contribution in [3.63, 3.8) is 0 Å². The Bertz CT molecular complexity index is 1140. The average Bonchev–Trinajstić information content (AvgIpc) is 3.41. The van der Waals surface area contributed by atoms with E-state index >= 15 is 0 Å². The van der Waals surface area contributed by atoms with Gasteiger partial charge in [0.15, 0.2) is 0 Å². The quantitative estimate of drug-likeness (QED) is 0.457. The van der Waals surface area contributed by atoms with Gasteiger partial charge < -0.3 is 10.6 Å². The van der Waals surface area contributed by atoms with E-state index in [9.17, 15) is 4.79 Å². The Kier molecular flexibility index (Phi) is 4.83. The Morgan fingerprint density at radius 1 is 0.903 bits per heavy atom. The number of piperidine rings is 1. The van der Waals surface area contributed by atoms with Crippen molar-refractivity contribution < 1.29 is 4.79 Å². The maximum absolute atomic E-state index is 12.3. The summed E-state index contributed by atoms with van der Waals surface area (Å²) in [5, 5.41) is 12.0. The number of hydrogen-bond donors (Lipinski definition) is 2. The van der Waals surface area contributed by atoms with Gasteiger partial charge in [0.1, 0.15) is 0 Å². The molecule has 0 atom stereocenters. The number of amides is 2. The first kappa shape index (κ1) is 19.1. The van der Waals surface area contributed by atoms with Gasteiger partial charge in [-0.1, -0.05) is 49.2 Å². The second-order valence-corrected chi connectivity index (χ2v) is 9.70. The molecule has 0 unspecified atom stereocenters. The normalized spacial score (nSPS) is 19.6. The predicted octanol–water partition coefficient (Wildman–Crippen LogP) is 5.10. The Morgan fingerprint density at radius 3 is 2.45 bits per heavy atom. The number of rotatable bonds is 4. The maximum Gasteiger partial charge on any atom is 0.315 e. The van der Waals surface area contributed by atoms with Crippen molar-refractivity contribution in [2.75, 3.05) is 13.1 Å². The highest BCUT2D eigenvalue weighted by Gasteiger charge is 2.26. The van der Waals surface area contributed by atoms with Gasteiger partial charge in [-0.05, 0) is 76.4 Å². The highest BCUT2D eigenvalue weighted by Crippen LogP contribution is 2.40. The van der Waals surface area contributed by atoms with Crippen molar-refractivity contribution in [2.24, 2.45) is 0 Å². The molecule has 3 aromatic carbocycles. The molecule has 0 aromatic heterocycles. The Labute approximate surface area is 184 Å². The number of carbonyl (C=O) groups is 1. The molecule has 4 heteroatoms. The van der Waals surface area contributed by atoms with Crippen LogP contribution in [-0.2, 0) is 13.0 Å². The molecule has 2 N–H and O–H groups in total. The van der Waals surface area contributed by atoms with Crippen molar-refractivity contribution in [1.82, 2.24) is 15.5 Å². The van der Waals surface area contributed by atoms with Crippen LogP contribution in [0.25, 0.3) is 21.5 Å². The number of benzene rings is 3. The molecule has 2 fully saturated rings. The fourth-order valence-corrected chi connectivity index (χ4v) is 5.79. The molecule has 1 saturated heterocycles. The Hall–Kier alpha value is -2.59. The van der Waals surface area contributed by atoms with Crippen LogP contribution in [0.1, 0.15) is 55.2 Å². The highest BCUT2D eigenvalue weighted by atomic mass is 16.2. The van der Waals surface area contributed by atoms with Gasteiger partial charge >= 0.3 is 6.03 Å². The zero-order valence-electron chi connectivity index (χ0n) is 18.1. The molecule has 31 heavy (non-hydrogen) atoms. The van der Waals surface area contributed by atoms with Crippen molar-refractivity contribution >= 4 is 27.6 Å². The summed E-state index contributed by atoms with van der Waals surface area (Å²) in [6, 6.07) is 16.5. The van der Waals surface area contributed by atoms with E-state index in [4.69, 9.17) is 0 Å². The lowest BCUT2D eigenvalue weighted by Gasteiger charge is -2.33. The number of hydrogen-bond acceptors (Lipinski definition) is 2. The monoisotopic (exact) mass is 413 g/mol. The summed E-state index contributed by atoms with van der Waals surface area (Å²) in [7, 11) is 0. The largest absolute Gasteiger partial charge is 0.335 e. The summed E-state index contributed by atoms with van der Waals surface area (Å²) in [6.45, 7) is 3.07. The van der Waals surface area contributed by atoms with E-state index in [0.717, 1.165) is 51.7 Å². The fourth-order valence-electron chi connectivity index (χ4n) is 5.79. The van der Waals surface area contributed by atoms with Gasteiger partial charge in [-0.2, -0.15) is 0 Å². The number of urea groups is 1. The molecule has 3 aromatic rings. The van der Waals surface area contributed by atoms with Crippen LogP contribution in [0.3, 0.4) is 0 Å². The molecule has 4 nitrogen and oxygen atoms in total. The van der Waals surface area contributed by atoms with Crippen molar-refractivity contribution in [3.8, 4) is 0 Å². The molecular formula is C27H31N3O. The van der Waals surface area contributed by atoms with Crippen molar-refractivity contribution in [1.29, 1.82) is 0 Å². The van der Waals surface area contributed by atoms with Gasteiger partial charge in [-0.3, -0.25) is 4.90 Å². The van der Waals surface area contributed by atoms with Crippen molar-refractivity contribution in [2.45, 2.75) is 63.6 Å². The van der Waals surface area contributed by atoms with E-state index in [1.165, 1.54) is 45.5 Å². The molecule has 2 aliphatic carbocycles. The number of nitrogens with zero attached hydrogens (tertiary/aromatic N) is 1. The number of fused-ring (bicyclic) bond motifs is 4. The number of carbonyl (C=O) groups excluding carboxylic acids is 1. The molecule has 0 radical (unpaired) electrons. The van der Waals surface area contributed by atoms with Crippen LogP contribution in [0.2, 0.25) is 0 Å². The second kappa shape index (κ2) is 7.83. The molecule has 6 rings (SSSR count). The molecule has 0 spiro atoms. The van der Waals surface area contributed by atoms with Crippen LogP contribution in [0.5, 0.6) is 0 Å². The first-order valence-corrected chi connectivity index (χ1v) is 12.0. The van der Waals surface area contributed by atoms with Gasteiger partial charge in [0.05, 0.1) is 0 Å². The standard InChI is InChI=1S/C27H31N3O/c31-27(28-21-6-2-3-7-21)29-22-11-13-30(14-12-22)17-25-23-8-4-1-5-18(23)15-20-10-9-19-16-24(19)26(20)25/h1,4-5,8-10,15,21-22H,2-3,6-7,11-14,16-17H2,(H2,28,29,31). The molecule has 3 aliphatic rings. The second-order valence-electron chi connectivity index (χ2n) is 9.70. The average molecular weight is 414 g/mol. The summed E-state index contributed by atoms with van der Waals surface area (Å²) in [5.74, 6) is 0. The van der Waals surface area contributed by atoms with Gasteiger partial charge in [0, 0.05) is 31.7 Å². The minimum atomic E-state index is 0.0356. The fraction of sp³-hybridized carbons (Fsp3) is 0.444. The Morgan fingerprint density at radius 2 is 1.65 bits per heavy atom. The van der Waals surface area contributed by atoms with Gasteiger partial charge in [-0.25, -0.2) is 4.79 Å². The summed E-state index contributed by atoms with van der Waals surface area (Å²) in [5.41, 5.74) is 4.56. The molecule has 0 bridgehead atoms. The molecular weight excluding hydrogens is 382 g/mol. The van der Waals surface area contributed by atoms with Crippen LogP contribution in [0.4, 0.5) is 4.79 Å². The summed E-state index contributed by atoms with van der Waals surface area (Å²) < 4.78 is 0. The lowest BCUT2D eigenvalue weighted by molar-refractivity contribution is 0.186. The van der Waals surface area contributed by atoms with Gasteiger partial charge in [-0.15, -0.1) is 0 Å². The van der Waals surface area contributed by atoms with Crippen LogP contribution in [-0.4, -0.2) is 36.1 Å². The number of likely N-dealkylation sites (tertiary alicyclic amines) is 1.